The molecule has 72 valence electrons. The second kappa shape index (κ2) is 2.45. The Bertz CT molecular complexity index is 253. The van der Waals surface area contributed by atoms with Crippen molar-refractivity contribution in [2.24, 2.45) is 5.92 Å². The summed E-state index contributed by atoms with van der Waals surface area (Å²) in [4.78, 5) is 17.2. The monoisotopic (exact) mass is 183 g/mol. The second-order valence-electron chi connectivity index (χ2n) is 4.07. The Labute approximate surface area is 76.7 Å². The number of hydrogen-bond acceptors (Lipinski definition) is 4. The average Bonchev–Trinajstić information content (AvgIpc) is 2.65. The minimum atomic E-state index is -0.391. The average molecular weight is 183 g/mol. The van der Waals surface area contributed by atoms with Gasteiger partial charge in [0.05, 0.1) is 19.1 Å². The van der Waals surface area contributed by atoms with E-state index in [2.05, 4.69) is 0 Å². The molecule has 0 aromatic heterocycles. The molecule has 13 heavy (non-hydrogen) atoms. The van der Waals surface area contributed by atoms with E-state index in [4.69, 9.17) is 9.57 Å². The number of hydrogen-bond donors (Lipinski definition) is 0. The van der Waals surface area contributed by atoms with Crippen LogP contribution in [0, 0.1) is 5.92 Å². The van der Waals surface area contributed by atoms with Crippen molar-refractivity contribution in [2.45, 2.75) is 24.8 Å². The van der Waals surface area contributed by atoms with E-state index in [1.54, 1.807) is 0 Å². The van der Waals surface area contributed by atoms with Crippen molar-refractivity contribution in [2.75, 3.05) is 19.8 Å². The Morgan fingerprint density at radius 1 is 1.38 bits per heavy atom. The van der Waals surface area contributed by atoms with Gasteiger partial charge in [-0.25, -0.2) is 4.79 Å². The minimum Gasteiger partial charge on any atom is -0.464 e. The smallest absolute Gasteiger partial charge is 0.329 e. The molecule has 4 heteroatoms. The summed E-state index contributed by atoms with van der Waals surface area (Å²) in [7, 11) is 0. The molecule has 0 N–H and O–H groups in total. The summed E-state index contributed by atoms with van der Waals surface area (Å²) in [6.45, 7) is 2.09. The van der Waals surface area contributed by atoms with Gasteiger partial charge in [0.2, 0.25) is 0 Å². The lowest BCUT2D eigenvalue weighted by Crippen LogP contribution is -2.53. The van der Waals surface area contributed by atoms with Crippen molar-refractivity contribution in [1.82, 2.24) is 5.06 Å². The number of cyclic esters (lactones) is 1. The van der Waals surface area contributed by atoms with Crippen molar-refractivity contribution in [3.8, 4) is 0 Å². The van der Waals surface area contributed by atoms with E-state index in [0.29, 0.717) is 13.2 Å². The molecule has 3 fully saturated rings. The zero-order chi connectivity index (χ0) is 8.89. The van der Waals surface area contributed by atoms with Gasteiger partial charge in [0, 0.05) is 6.54 Å². The van der Waals surface area contributed by atoms with Crippen LogP contribution in [0.4, 0.5) is 0 Å². The maximum absolute atomic E-state index is 11.7. The van der Waals surface area contributed by atoms with Gasteiger partial charge in [-0.15, -0.1) is 0 Å². The summed E-state index contributed by atoms with van der Waals surface area (Å²) < 4.78 is 5.12. The highest BCUT2D eigenvalue weighted by Crippen LogP contribution is 2.44. The van der Waals surface area contributed by atoms with E-state index in [0.717, 1.165) is 25.8 Å². The van der Waals surface area contributed by atoms with Crippen LogP contribution < -0.4 is 0 Å². The summed E-state index contributed by atoms with van der Waals surface area (Å²) in [6, 6.07) is 0. The van der Waals surface area contributed by atoms with Crippen molar-refractivity contribution in [3.05, 3.63) is 0 Å². The van der Waals surface area contributed by atoms with Crippen molar-refractivity contribution in [1.29, 1.82) is 0 Å². The first-order valence-electron chi connectivity index (χ1n) is 4.92. The van der Waals surface area contributed by atoms with Crippen LogP contribution >= 0.6 is 0 Å². The molecular weight excluding hydrogens is 170 g/mol. The molecule has 3 saturated heterocycles. The van der Waals surface area contributed by atoms with Gasteiger partial charge in [0.15, 0.2) is 5.54 Å². The summed E-state index contributed by atoms with van der Waals surface area (Å²) >= 11 is 0. The quantitative estimate of drug-likeness (QED) is 0.507. The number of carbonyl (C=O) groups is 1. The third-order valence-corrected chi connectivity index (χ3v) is 3.49. The first-order valence-corrected chi connectivity index (χ1v) is 4.92. The molecule has 0 radical (unpaired) electrons. The van der Waals surface area contributed by atoms with E-state index in [9.17, 15) is 4.79 Å². The van der Waals surface area contributed by atoms with Crippen LogP contribution in [0.2, 0.25) is 0 Å². The Morgan fingerprint density at radius 2 is 2.31 bits per heavy atom. The van der Waals surface area contributed by atoms with Crippen molar-refractivity contribution < 1.29 is 14.4 Å². The first kappa shape index (κ1) is 7.76. The van der Waals surface area contributed by atoms with Gasteiger partial charge in [0.1, 0.15) is 0 Å². The molecule has 2 atom stereocenters. The van der Waals surface area contributed by atoms with E-state index < -0.39 is 5.54 Å². The molecule has 4 nitrogen and oxygen atoms in total. The second-order valence-corrected chi connectivity index (χ2v) is 4.07. The Morgan fingerprint density at radius 3 is 3.23 bits per heavy atom. The molecule has 3 aliphatic rings. The zero-order valence-electron chi connectivity index (χ0n) is 7.49. The predicted octanol–water partition coefficient (Wildman–Crippen LogP) is 0.329. The highest BCUT2D eigenvalue weighted by atomic mass is 16.7. The van der Waals surface area contributed by atoms with Crippen molar-refractivity contribution in [3.63, 3.8) is 0 Å². The number of nitrogens with zero attached hydrogens (tertiary/aromatic N) is 1. The number of esters is 1. The Balaban J connectivity index is 2.00. The van der Waals surface area contributed by atoms with Crippen LogP contribution in [0.1, 0.15) is 19.3 Å². The Kier molecular flexibility index (Phi) is 1.46. The first-order chi connectivity index (χ1) is 6.34. The molecule has 0 amide bonds. The van der Waals surface area contributed by atoms with E-state index in [-0.39, 0.29) is 11.9 Å². The molecule has 1 spiro atoms. The van der Waals surface area contributed by atoms with Gasteiger partial charge in [-0.2, -0.15) is 5.06 Å². The molecule has 3 rings (SSSR count). The topological polar surface area (TPSA) is 38.8 Å². The highest BCUT2D eigenvalue weighted by molar-refractivity contribution is 5.83. The number of ether oxygens (including phenoxy) is 1. The van der Waals surface area contributed by atoms with Crippen molar-refractivity contribution >= 4 is 5.97 Å². The van der Waals surface area contributed by atoms with Crippen LogP contribution in [0.5, 0.6) is 0 Å². The molecule has 0 unspecified atom stereocenters. The largest absolute Gasteiger partial charge is 0.464 e. The van der Waals surface area contributed by atoms with Crippen LogP contribution in [-0.4, -0.2) is 36.3 Å². The standard InChI is InChI=1S/C9H13NO3/c11-8-9-3-1-2-4-10(9)13-6-7(9)5-12-8/h7H,1-6H2/t7-,9+/m0/s1. The number of carbonyl (C=O) groups excluding carboxylic acids is 1. The molecule has 3 aliphatic heterocycles. The van der Waals surface area contributed by atoms with Gasteiger partial charge < -0.3 is 4.74 Å². The number of hydroxylamine groups is 2. The molecule has 3 heterocycles. The highest BCUT2D eigenvalue weighted by Gasteiger charge is 2.61. The summed E-state index contributed by atoms with van der Waals surface area (Å²) in [5.74, 6) is 0.218. The van der Waals surface area contributed by atoms with Crippen LogP contribution in [0.15, 0.2) is 0 Å². The fourth-order valence-electron chi connectivity index (χ4n) is 2.74. The fraction of sp³-hybridized carbons (Fsp3) is 0.889. The van der Waals surface area contributed by atoms with Gasteiger partial charge in [-0.05, 0) is 19.3 Å². The van der Waals surface area contributed by atoms with Gasteiger partial charge in [0.25, 0.3) is 0 Å². The molecule has 0 aromatic rings. The third-order valence-electron chi connectivity index (χ3n) is 3.49. The van der Waals surface area contributed by atoms with E-state index >= 15 is 0 Å². The van der Waals surface area contributed by atoms with Gasteiger partial charge in [-0.1, -0.05) is 0 Å². The summed E-state index contributed by atoms with van der Waals surface area (Å²) in [6.07, 6.45) is 3.16. The molecular formula is C9H13NO3. The third kappa shape index (κ3) is 0.802. The van der Waals surface area contributed by atoms with E-state index in [1.807, 2.05) is 5.06 Å². The van der Waals surface area contributed by atoms with Crippen LogP contribution in [-0.2, 0) is 14.4 Å². The maximum atomic E-state index is 11.7. The summed E-state index contributed by atoms with van der Waals surface area (Å²) in [5.41, 5.74) is -0.391. The lowest BCUT2D eigenvalue weighted by atomic mass is 9.81. The van der Waals surface area contributed by atoms with Gasteiger partial charge in [-0.3, -0.25) is 4.84 Å². The lowest BCUT2D eigenvalue weighted by molar-refractivity contribution is -0.195. The zero-order valence-corrected chi connectivity index (χ0v) is 7.49. The predicted molar refractivity (Wildman–Crippen MR) is 43.7 cm³/mol. The number of piperidine rings is 1. The lowest BCUT2D eigenvalue weighted by Gasteiger charge is -2.36. The van der Waals surface area contributed by atoms with Crippen LogP contribution in [0.3, 0.4) is 0 Å². The molecule has 0 bridgehead atoms. The minimum absolute atomic E-state index is 0.0605. The van der Waals surface area contributed by atoms with Crippen LogP contribution in [0.25, 0.3) is 0 Å². The normalized spacial score (nSPS) is 44.3. The van der Waals surface area contributed by atoms with E-state index in [1.165, 1.54) is 0 Å². The fourth-order valence-corrected chi connectivity index (χ4v) is 2.74. The molecule has 0 saturated carbocycles. The van der Waals surface area contributed by atoms with Gasteiger partial charge >= 0.3 is 5.97 Å². The maximum Gasteiger partial charge on any atom is 0.329 e. The Hall–Kier alpha value is -0.610. The molecule has 0 aromatic carbocycles. The molecule has 0 aliphatic carbocycles. The summed E-state index contributed by atoms with van der Waals surface area (Å²) in [5, 5.41) is 1.87. The SMILES string of the molecule is O=C1OC[C@H]2CON3CCCC[C@]123. The number of rotatable bonds is 0.